The Bertz CT molecular complexity index is 678. The molecule has 5 nitrogen and oxygen atoms in total. The summed E-state index contributed by atoms with van der Waals surface area (Å²) in [5.74, 6) is 0.264. The second-order valence-corrected chi connectivity index (χ2v) is 6.94. The summed E-state index contributed by atoms with van der Waals surface area (Å²) in [4.78, 5) is 20.4. The topological polar surface area (TPSA) is 66.9 Å². The lowest BCUT2D eigenvalue weighted by atomic mass is 10.1. The summed E-state index contributed by atoms with van der Waals surface area (Å²) in [6.45, 7) is 7.80. The van der Waals surface area contributed by atoms with Crippen LogP contribution in [-0.4, -0.2) is 21.4 Å². The van der Waals surface area contributed by atoms with Gasteiger partial charge in [0.15, 0.2) is 0 Å². The Hall–Kier alpha value is -1.95. The largest absolute Gasteiger partial charge is 0.347 e. The van der Waals surface area contributed by atoms with E-state index in [1.807, 2.05) is 45.9 Å². The fraction of sp³-hybridized carbons (Fsp3) is 0.312. The average molecular weight is 363 g/mol. The molecule has 0 saturated carbocycles. The third-order valence-electron chi connectivity index (χ3n) is 2.83. The van der Waals surface area contributed by atoms with Crippen LogP contribution in [0.1, 0.15) is 36.7 Å². The van der Waals surface area contributed by atoms with E-state index in [2.05, 4.69) is 36.5 Å². The van der Waals surface area contributed by atoms with E-state index in [9.17, 15) is 4.79 Å². The molecule has 2 N–H and O–H groups in total. The molecule has 0 radical (unpaired) electrons. The van der Waals surface area contributed by atoms with Crippen LogP contribution in [0.15, 0.2) is 35.1 Å². The Morgan fingerprint density at radius 2 is 1.82 bits per heavy atom. The van der Waals surface area contributed by atoms with E-state index in [-0.39, 0.29) is 11.4 Å². The number of amides is 1. The van der Waals surface area contributed by atoms with Crippen molar-refractivity contribution in [3.63, 3.8) is 0 Å². The molecule has 0 saturated heterocycles. The predicted molar refractivity (Wildman–Crippen MR) is 91.4 cm³/mol. The van der Waals surface area contributed by atoms with Gasteiger partial charge in [-0.2, -0.15) is 0 Å². The standard InChI is InChI=1S/C16H19BrN4O/c1-10-5-6-12(7-13(10)17)20-15-18-8-11(9-19-15)14(22)21-16(2,3)4/h5-9H,1-4H3,(H,21,22)(H,18,19,20). The second kappa shape index (κ2) is 6.44. The number of benzene rings is 1. The molecule has 1 aromatic heterocycles. The lowest BCUT2D eigenvalue weighted by Gasteiger charge is -2.20. The molecule has 116 valence electrons. The Morgan fingerprint density at radius 3 is 2.36 bits per heavy atom. The van der Waals surface area contributed by atoms with Crippen molar-refractivity contribution in [2.24, 2.45) is 0 Å². The molecule has 0 spiro atoms. The lowest BCUT2D eigenvalue weighted by Crippen LogP contribution is -2.40. The highest BCUT2D eigenvalue weighted by molar-refractivity contribution is 9.10. The number of carbonyl (C=O) groups excluding carboxylic acids is 1. The van der Waals surface area contributed by atoms with Crippen LogP contribution in [0.4, 0.5) is 11.6 Å². The summed E-state index contributed by atoms with van der Waals surface area (Å²) in [7, 11) is 0. The van der Waals surface area contributed by atoms with Gasteiger partial charge in [0, 0.05) is 28.1 Å². The van der Waals surface area contributed by atoms with E-state index in [4.69, 9.17) is 0 Å². The molecule has 0 aliphatic heterocycles. The number of anilines is 2. The highest BCUT2D eigenvalue weighted by atomic mass is 79.9. The first kappa shape index (κ1) is 16.4. The van der Waals surface area contributed by atoms with Crippen LogP contribution in [0.2, 0.25) is 0 Å². The van der Waals surface area contributed by atoms with Gasteiger partial charge < -0.3 is 10.6 Å². The molecule has 1 heterocycles. The summed E-state index contributed by atoms with van der Waals surface area (Å²) in [6.07, 6.45) is 3.03. The zero-order valence-electron chi connectivity index (χ0n) is 13.1. The Morgan fingerprint density at radius 1 is 1.18 bits per heavy atom. The molecule has 2 aromatic rings. The minimum absolute atomic E-state index is 0.183. The molecule has 6 heteroatoms. The van der Waals surface area contributed by atoms with Gasteiger partial charge in [0.1, 0.15) is 0 Å². The van der Waals surface area contributed by atoms with Crippen molar-refractivity contribution < 1.29 is 4.79 Å². The smallest absolute Gasteiger partial charge is 0.254 e. The van der Waals surface area contributed by atoms with Gasteiger partial charge in [0.05, 0.1) is 5.56 Å². The number of nitrogens with zero attached hydrogens (tertiary/aromatic N) is 2. The van der Waals surface area contributed by atoms with Crippen molar-refractivity contribution in [1.82, 2.24) is 15.3 Å². The number of nitrogens with one attached hydrogen (secondary N) is 2. The van der Waals surface area contributed by atoms with Gasteiger partial charge in [-0.3, -0.25) is 4.79 Å². The summed E-state index contributed by atoms with van der Waals surface area (Å²) in [5, 5.41) is 5.98. The van der Waals surface area contributed by atoms with Crippen LogP contribution in [0.3, 0.4) is 0 Å². The first-order valence-corrected chi connectivity index (χ1v) is 7.72. The van der Waals surface area contributed by atoms with E-state index in [0.717, 1.165) is 15.7 Å². The van der Waals surface area contributed by atoms with E-state index >= 15 is 0 Å². The second-order valence-electron chi connectivity index (χ2n) is 6.09. The molecule has 0 unspecified atom stereocenters. The number of rotatable bonds is 3. The lowest BCUT2D eigenvalue weighted by molar-refractivity contribution is 0.0919. The molecule has 0 atom stereocenters. The highest BCUT2D eigenvalue weighted by Gasteiger charge is 2.15. The molecule has 0 aliphatic carbocycles. The molecule has 0 bridgehead atoms. The van der Waals surface area contributed by atoms with Crippen molar-refractivity contribution in [2.45, 2.75) is 33.2 Å². The molecule has 2 rings (SSSR count). The number of hydrogen-bond donors (Lipinski definition) is 2. The zero-order chi connectivity index (χ0) is 16.3. The fourth-order valence-corrected chi connectivity index (χ4v) is 2.10. The first-order chi connectivity index (χ1) is 10.2. The van der Waals surface area contributed by atoms with Gasteiger partial charge in [-0.25, -0.2) is 9.97 Å². The van der Waals surface area contributed by atoms with Crippen LogP contribution in [-0.2, 0) is 0 Å². The van der Waals surface area contributed by atoms with E-state index in [1.54, 1.807) is 0 Å². The third-order valence-corrected chi connectivity index (χ3v) is 3.68. The maximum Gasteiger partial charge on any atom is 0.254 e. The zero-order valence-corrected chi connectivity index (χ0v) is 14.7. The van der Waals surface area contributed by atoms with E-state index in [1.165, 1.54) is 12.4 Å². The van der Waals surface area contributed by atoms with Crippen LogP contribution >= 0.6 is 15.9 Å². The number of carbonyl (C=O) groups is 1. The molecule has 1 amide bonds. The number of hydrogen-bond acceptors (Lipinski definition) is 4. The van der Waals surface area contributed by atoms with Crippen molar-refractivity contribution in [3.05, 3.63) is 46.2 Å². The summed E-state index contributed by atoms with van der Waals surface area (Å²) in [5.41, 5.74) is 2.18. The summed E-state index contributed by atoms with van der Waals surface area (Å²) >= 11 is 3.48. The minimum Gasteiger partial charge on any atom is -0.347 e. The van der Waals surface area contributed by atoms with Gasteiger partial charge in [0.2, 0.25) is 5.95 Å². The molecule has 22 heavy (non-hydrogen) atoms. The predicted octanol–water partition coefficient (Wildman–Crippen LogP) is 3.82. The van der Waals surface area contributed by atoms with Crippen LogP contribution in [0.25, 0.3) is 0 Å². The van der Waals surface area contributed by atoms with Crippen LogP contribution in [0, 0.1) is 6.92 Å². The number of aromatic nitrogens is 2. The first-order valence-electron chi connectivity index (χ1n) is 6.92. The number of aryl methyl sites for hydroxylation is 1. The van der Waals surface area contributed by atoms with Gasteiger partial charge >= 0.3 is 0 Å². The van der Waals surface area contributed by atoms with Gasteiger partial charge in [0.25, 0.3) is 5.91 Å². The molecule has 0 aliphatic rings. The number of halogens is 1. The van der Waals surface area contributed by atoms with Crippen LogP contribution < -0.4 is 10.6 Å². The van der Waals surface area contributed by atoms with Crippen molar-refractivity contribution >= 4 is 33.5 Å². The Kier molecular flexibility index (Phi) is 4.81. The van der Waals surface area contributed by atoms with Gasteiger partial charge in [-0.05, 0) is 45.4 Å². The average Bonchev–Trinajstić information content (AvgIpc) is 2.42. The summed E-state index contributed by atoms with van der Waals surface area (Å²) < 4.78 is 1.01. The van der Waals surface area contributed by atoms with E-state index < -0.39 is 0 Å². The van der Waals surface area contributed by atoms with Crippen molar-refractivity contribution in [3.8, 4) is 0 Å². The Balaban J connectivity index is 2.08. The SMILES string of the molecule is Cc1ccc(Nc2ncc(C(=O)NC(C)(C)C)cn2)cc1Br. The maximum absolute atomic E-state index is 12.0. The third kappa shape index (κ3) is 4.53. The molecule has 0 fully saturated rings. The van der Waals surface area contributed by atoms with E-state index in [0.29, 0.717) is 11.5 Å². The van der Waals surface area contributed by atoms with Crippen LogP contribution in [0.5, 0.6) is 0 Å². The molecular formula is C16H19BrN4O. The normalized spacial score (nSPS) is 11.1. The maximum atomic E-state index is 12.0. The van der Waals surface area contributed by atoms with Gasteiger partial charge in [-0.1, -0.05) is 22.0 Å². The van der Waals surface area contributed by atoms with Crippen molar-refractivity contribution in [1.29, 1.82) is 0 Å². The summed E-state index contributed by atoms with van der Waals surface area (Å²) in [6, 6.07) is 5.90. The van der Waals surface area contributed by atoms with Gasteiger partial charge in [-0.15, -0.1) is 0 Å². The Labute approximate surface area is 138 Å². The highest BCUT2D eigenvalue weighted by Crippen LogP contribution is 2.22. The monoisotopic (exact) mass is 362 g/mol. The molecule has 1 aromatic carbocycles. The molecular weight excluding hydrogens is 344 g/mol. The fourth-order valence-electron chi connectivity index (χ4n) is 1.72. The minimum atomic E-state index is -0.290. The quantitative estimate of drug-likeness (QED) is 0.870. The van der Waals surface area contributed by atoms with Crippen molar-refractivity contribution in [2.75, 3.05) is 5.32 Å².